The molecule has 1 aromatic carbocycles. The van der Waals surface area contributed by atoms with Crippen molar-refractivity contribution in [1.82, 2.24) is 10.0 Å². The molecule has 0 aromatic heterocycles. The maximum absolute atomic E-state index is 12.1. The van der Waals surface area contributed by atoms with E-state index in [0.29, 0.717) is 6.61 Å². The van der Waals surface area contributed by atoms with Crippen molar-refractivity contribution in [2.75, 3.05) is 26.8 Å². The largest absolute Gasteiger partial charge is 0.383 e. The van der Waals surface area contributed by atoms with Crippen LogP contribution in [0.2, 0.25) is 0 Å². The van der Waals surface area contributed by atoms with Crippen molar-refractivity contribution in [2.45, 2.75) is 31.2 Å². The summed E-state index contributed by atoms with van der Waals surface area (Å²) in [5.41, 5.74) is 1.12. The van der Waals surface area contributed by atoms with E-state index in [9.17, 15) is 8.42 Å². The summed E-state index contributed by atoms with van der Waals surface area (Å²) in [5, 5.41) is 3.24. The first-order valence-electron chi connectivity index (χ1n) is 6.80. The van der Waals surface area contributed by atoms with Crippen LogP contribution >= 0.6 is 0 Å². The Morgan fingerprint density at radius 2 is 1.90 bits per heavy atom. The van der Waals surface area contributed by atoms with Gasteiger partial charge in [0.25, 0.3) is 0 Å². The lowest BCUT2D eigenvalue weighted by atomic mass is 10.1. The molecule has 0 bridgehead atoms. The first-order chi connectivity index (χ1) is 9.49. The maximum Gasteiger partial charge on any atom is 0.240 e. The topological polar surface area (TPSA) is 67.4 Å². The lowest BCUT2D eigenvalue weighted by Gasteiger charge is -2.13. The lowest BCUT2D eigenvalue weighted by molar-refractivity contribution is 0.180. The van der Waals surface area contributed by atoms with Gasteiger partial charge in [-0.3, -0.25) is 0 Å². The standard InChI is InChI=1S/C14H24N2O3S/c1-4-15-10-9-13-5-7-14(8-6-13)20(17,18)16-12(2)11-19-3/h5-8,12,15-16H,4,9-11H2,1-3H3. The number of hydrogen-bond donors (Lipinski definition) is 2. The molecular formula is C14H24N2O3S. The van der Waals surface area contributed by atoms with Gasteiger partial charge in [0.1, 0.15) is 0 Å². The quantitative estimate of drug-likeness (QED) is 0.671. The zero-order valence-electron chi connectivity index (χ0n) is 12.3. The second-order valence-electron chi connectivity index (χ2n) is 4.73. The molecular weight excluding hydrogens is 276 g/mol. The third-order valence-electron chi connectivity index (χ3n) is 2.85. The molecule has 5 nitrogen and oxygen atoms in total. The van der Waals surface area contributed by atoms with E-state index in [-0.39, 0.29) is 10.9 Å². The maximum atomic E-state index is 12.1. The Hall–Kier alpha value is -0.950. The highest BCUT2D eigenvalue weighted by Crippen LogP contribution is 2.11. The Labute approximate surface area is 121 Å². The summed E-state index contributed by atoms with van der Waals surface area (Å²) in [6.45, 7) is 6.01. The Kier molecular flexibility index (Phi) is 7.15. The van der Waals surface area contributed by atoms with Crippen LogP contribution in [0.1, 0.15) is 19.4 Å². The molecule has 0 aliphatic carbocycles. The Balaban J connectivity index is 2.66. The van der Waals surface area contributed by atoms with Gasteiger partial charge in [-0.2, -0.15) is 0 Å². The van der Waals surface area contributed by atoms with E-state index in [1.807, 2.05) is 12.1 Å². The summed E-state index contributed by atoms with van der Waals surface area (Å²) in [6.07, 6.45) is 0.891. The number of likely N-dealkylation sites (N-methyl/N-ethyl adjacent to an activating group) is 1. The summed E-state index contributed by atoms with van der Waals surface area (Å²) in [6, 6.07) is 6.74. The first kappa shape index (κ1) is 17.1. The SMILES string of the molecule is CCNCCc1ccc(S(=O)(=O)NC(C)COC)cc1. The smallest absolute Gasteiger partial charge is 0.240 e. The van der Waals surface area contributed by atoms with Crippen LogP contribution in [-0.2, 0) is 21.2 Å². The van der Waals surface area contributed by atoms with Crippen molar-refractivity contribution < 1.29 is 13.2 Å². The second-order valence-corrected chi connectivity index (χ2v) is 6.44. The fourth-order valence-electron chi connectivity index (χ4n) is 1.86. The van der Waals surface area contributed by atoms with E-state index in [0.717, 1.165) is 25.1 Å². The van der Waals surface area contributed by atoms with Gasteiger partial charge in [-0.1, -0.05) is 19.1 Å². The van der Waals surface area contributed by atoms with E-state index < -0.39 is 10.0 Å². The van der Waals surface area contributed by atoms with E-state index in [4.69, 9.17) is 4.74 Å². The molecule has 2 N–H and O–H groups in total. The molecule has 0 spiro atoms. The molecule has 0 heterocycles. The van der Waals surface area contributed by atoms with Gasteiger partial charge in [-0.25, -0.2) is 13.1 Å². The van der Waals surface area contributed by atoms with Gasteiger partial charge in [-0.15, -0.1) is 0 Å². The van der Waals surface area contributed by atoms with Crippen LogP contribution in [0.4, 0.5) is 0 Å². The third-order valence-corrected chi connectivity index (χ3v) is 4.45. The monoisotopic (exact) mass is 300 g/mol. The Morgan fingerprint density at radius 3 is 2.45 bits per heavy atom. The summed E-state index contributed by atoms with van der Waals surface area (Å²) in [7, 11) is -1.92. The molecule has 0 aliphatic rings. The van der Waals surface area contributed by atoms with Crippen LogP contribution < -0.4 is 10.0 Å². The van der Waals surface area contributed by atoms with Crippen LogP contribution in [0.3, 0.4) is 0 Å². The van der Waals surface area contributed by atoms with Crippen molar-refractivity contribution in [3.05, 3.63) is 29.8 Å². The molecule has 6 heteroatoms. The highest BCUT2D eigenvalue weighted by atomic mass is 32.2. The van der Waals surface area contributed by atoms with Gasteiger partial charge in [0.2, 0.25) is 10.0 Å². The predicted molar refractivity (Wildman–Crippen MR) is 80.3 cm³/mol. The summed E-state index contributed by atoms with van der Waals surface area (Å²) < 4.78 is 31.7. The molecule has 114 valence electrons. The molecule has 0 fully saturated rings. The molecule has 0 saturated carbocycles. The van der Waals surface area contributed by atoms with E-state index >= 15 is 0 Å². The molecule has 0 saturated heterocycles. The van der Waals surface area contributed by atoms with Gasteiger partial charge in [0.15, 0.2) is 0 Å². The second kappa shape index (κ2) is 8.36. The summed E-state index contributed by atoms with van der Waals surface area (Å²) in [5.74, 6) is 0. The highest BCUT2D eigenvalue weighted by Gasteiger charge is 2.16. The predicted octanol–water partition coefficient (Wildman–Crippen LogP) is 1.15. The van der Waals surface area contributed by atoms with E-state index in [1.54, 1.807) is 26.2 Å². The van der Waals surface area contributed by atoms with Crippen molar-refractivity contribution in [3.63, 3.8) is 0 Å². The Morgan fingerprint density at radius 1 is 1.25 bits per heavy atom. The highest BCUT2D eigenvalue weighted by molar-refractivity contribution is 7.89. The molecule has 0 aliphatic heterocycles. The average Bonchev–Trinajstić information content (AvgIpc) is 2.39. The lowest BCUT2D eigenvalue weighted by Crippen LogP contribution is -2.35. The fourth-order valence-corrected chi connectivity index (χ4v) is 3.09. The minimum Gasteiger partial charge on any atom is -0.383 e. The normalized spacial score (nSPS) is 13.3. The van der Waals surface area contributed by atoms with Gasteiger partial charge in [0.05, 0.1) is 11.5 Å². The zero-order valence-corrected chi connectivity index (χ0v) is 13.2. The van der Waals surface area contributed by atoms with Crippen LogP contribution in [-0.4, -0.2) is 41.3 Å². The molecule has 1 aromatic rings. The molecule has 1 rings (SSSR count). The van der Waals surface area contributed by atoms with Crippen molar-refractivity contribution >= 4 is 10.0 Å². The minimum atomic E-state index is -3.47. The number of nitrogens with one attached hydrogen (secondary N) is 2. The number of methoxy groups -OCH3 is 1. The number of rotatable bonds is 9. The van der Waals surface area contributed by atoms with Crippen LogP contribution in [0, 0.1) is 0 Å². The van der Waals surface area contributed by atoms with Crippen molar-refractivity contribution in [1.29, 1.82) is 0 Å². The number of ether oxygens (including phenoxy) is 1. The molecule has 1 unspecified atom stereocenters. The summed E-state index contributed by atoms with van der Waals surface area (Å²) in [4.78, 5) is 0.285. The van der Waals surface area contributed by atoms with Gasteiger partial charge in [0, 0.05) is 13.2 Å². The van der Waals surface area contributed by atoms with Gasteiger partial charge >= 0.3 is 0 Å². The van der Waals surface area contributed by atoms with Crippen molar-refractivity contribution in [3.8, 4) is 0 Å². The molecule has 0 radical (unpaired) electrons. The minimum absolute atomic E-state index is 0.251. The first-order valence-corrected chi connectivity index (χ1v) is 8.29. The van der Waals surface area contributed by atoms with E-state index in [1.165, 1.54) is 0 Å². The number of benzene rings is 1. The van der Waals surface area contributed by atoms with Gasteiger partial charge < -0.3 is 10.1 Å². The van der Waals surface area contributed by atoms with Crippen LogP contribution in [0.5, 0.6) is 0 Å². The average molecular weight is 300 g/mol. The third kappa shape index (κ3) is 5.58. The number of sulfonamides is 1. The zero-order chi connectivity index (χ0) is 15.0. The molecule has 1 atom stereocenters. The summed E-state index contributed by atoms with van der Waals surface area (Å²) >= 11 is 0. The van der Waals surface area contributed by atoms with Crippen LogP contribution in [0.25, 0.3) is 0 Å². The number of hydrogen-bond acceptors (Lipinski definition) is 4. The van der Waals surface area contributed by atoms with E-state index in [2.05, 4.69) is 17.0 Å². The molecule has 0 amide bonds. The van der Waals surface area contributed by atoms with Gasteiger partial charge in [-0.05, 0) is 44.1 Å². The van der Waals surface area contributed by atoms with Crippen molar-refractivity contribution in [2.24, 2.45) is 0 Å². The fraction of sp³-hybridized carbons (Fsp3) is 0.571. The van der Waals surface area contributed by atoms with Crippen LogP contribution in [0.15, 0.2) is 29.2 Å². The Bertz CT molecular complexity index is 486. The molecule has 20 heavy (non-hydrogen) atoms.